The molecule has 1 rings (SSSR count). The van der Waals surface area contributed by atoms with E-state index in [9.17, 15) is 0 Å². The van der Waals surface area contributed by atoms with Gasteiger partial charge in [-0.3, -0.25) is 0 Å². The molecule has 0 saturated carbocycles. The first kappa shape index (κ1) is 12.0. The minimum Gasteiger partial charge on any atom is -0.384 e. The Morgan fingerprint density at radius 1 is 1.14 bits per heavy atom. The lowest BCUT2D eigenvalue weighted by Gasteiger charge is -2.32. The number of likely N-dealkylation sites (tertiary alicyclic amines) is 1. The molecule has 0 bridgehead atoms. The highest BCUT2D eigenvalue weighted by Gasteiger charge is 2.21. The van der Waals surface area contributed by atoms with Gasteiger partial charge in [-0.05, 0) is 37.6 Å². The minimum atomic E-state index is 0.729. The fourth-order valence-electron chi connectivity index (χ4n) is 2.91. The molecule has 1 fully saturated rings. The molecule has 2 nitrogen and oxygen atoms in total. The summed E-state index contributed by atoms with van der Waals surface area (Å²) < 4.78 is 5.27. The summed E-state index contributed by atoms with van der Waals surface area (Å²) in [6.45, 7) is 8.10. The second-order valence-corrected chi connectivity index (χ2v) is 5.22. The molecular weight excluding hydrogens is 174 g/mol. The third-order valence-electron chi connectivity index (χ3n) is 3.14. The predicted octanol–water partition coefficient (Wildman–Crippen LogP) is 2.25. The molecule has 1 aliphatic heterocycles. The molecule has 0 radical (unpaired) electrons. The van der Waals surface area contributed by atoms with Crippen molar-refractivity contribution < 1.29 is 4.74 Å². The van der Waals surface area contributed by atoms with Crippen molar-refractivity contribution >= 4 is 0 Å². The molecule has 0 aromatic heterocycles. The highest BCUT2D eigenvalue weighted by atomic mass is 16.5. The van der Waals surface area contributed by atoms with Crippen LogP contribution in [0, 0.1) is 17.8 Å². The Morgan fingerprint density at radius 2 is 1.86 bits per heavy atom. The van der Waals surface area contributed by atoms with E-state index < -0.39 is 0 Å². The van der Waals surface area contributed by atoms with Crippen LogP contribution in [0.5, 0.6) is 0 Å². The van der Waals surface area contributed by atoms with Crippen LogP contribution < -0.4 is 0 Å². The van der Waals surface area contributed by atoms with Crippen molar-refractivity contribution in [1.82, 2.24) is 4.90 Å². The van der Waals surface area contributed by atoms with Gasteiger partial charge in [0.25, 0.3) is 0 Å². The van der Waals surface area contributed by atoms with E-state index in [2.05, 4.69) is 25.8 Å². The topological polar surface area (TPSA) is 12.5 Å². The summed E-state index contributed by atoms with van der Waals surface area (Å²) in [6.07, 6.45) is 2.69. The molecule has 1 aliphatic rings. The first-order valence-electron chi connectivity index (χ1n) is 5.79. The van der Waals surface area contributed by atoms with Gasteiger partial charge in [0.05, 0.1) is 6.61 Å². The zero-order valence-electron chi connectivity index (χ0n) is 10.1. The quantitative estimate of drug-likeness (QED) is 0.676. The largest absolute Gasteiger partial charge is 0.384 e. The molecule has 14 heavy (non-hydrogen) atoms. The van der Waals surface area contributed by atoms with E-state index in [0.29, 0.717) is 0 Å². The van der Waals surface area contributed by atoms with E-state index in [1.807, 2.05) is 7.11 Å². The van der Waals surface area contributed by atoms with Gasteiger partial charge in [0.2, 0.25) is 0 Å². The number of methoxy groups -OCH3 is 1. The standard InChI is InChI=1S/C12H25NO/c1-10-5-11(2)7-13(3)8-12(6-10)9-14-4/h10-12H,5-9H2,1-4H3. The van der Waals surface area contributed by atoms with Gasteiger partial charge >= 0.3 is 0 Å². The second-order valence-electron chi connectivity index (χ2n) is 5.22. The molecule has 0 spiro atoms. The summed E-state index contributed by atoms with van der Waals surface area (Å²) in [5, 5.41) is 0. The average Bonchev–Trinajstić information content (AvgIpc) is 2.00. The molecule has 0 amide bonds. The first-order chi connectivity index (χ1) is 6.61. The van der Waals surface area contributed by atoms with Crippen molar-refractivity contribution in [1.29, 1.82) is 0 Å². The lowest BCUT2D eigenvalue weighted by molar-refractivity contribution is 0.0939. The van der Waals surface area contributed by atoms with Crippen LogP contribution in [0.3, 0.4) is 0 Å². The number of ether oxygens (including phenoxy) is 1. The maximum atomic E-state index is 5.27. The van der Waals surface area contributed by atoms with Crippen molar-refractivity contribution in [3.63, 3.8) is 0 Å². The van der Waals surface area contributed by atoms with Crippen LogP contribution in [0.15, 0.2) is 0 Å². The van der Waals surface area contributed by atoms with Crippen LogP contribution in [0.25, 0.3) is 0 Å². The highest BCUT2D eigenvalue weighted by Crippen LogP contribution is 2.24. The van der Waals surface area contributed by atoms with Gasteiger partial charge in [0, 0.05) is 20.2 Å². The zero-order valence-corrected chi connectivity index (χ0v) is 10.1. The van der Waals surface area contributed by atoms with Gasteiger partial charge < -0.3 is 9.64 Å². The molecule has 0 aromatic carbocycles. The zero-order chi connectivity index (χ0) is 10.6. The fourth-order valence-corrected chi connectivity index (χ4v) is 2.91. The van der Waals surface area contributed by atoms with Crippen LogP contribution in [-0.2, 0) is 4.74 Å². The third kappa shape index (κ3) is 3.97. The summed E-state index contributed by atoms with van der Waals surface area (Å²) in [5.41, 5.74) is 0. The maximum Gasteiger partial charge on any atom is 0.0502 e. The summed E-state index contributed by atoms with van der Waals surface area (Å²) in [5.74, 6) is 2.44. The van der Waals surface area contributed by atoms with Crippen molar-refractivity contribution in [3.8, 4) is 0 Å². The molecule has 3 atom stereocenters. The Labute approximate surface area is 88.6 Å². The van der Waals surface area contributed by atoms with Gasteiger partial charge in [0.15, 0.2) is 0 Å². The van der Waals surface area contributed by atoms with Gasteiger partial charge in [-0.1, -0.05) is 13.8 Å². The SMILES string of the molecule is COCC1CC(C)CC(C)CN(C)C1. The van der Waals surface area contributed by atoms with E-state index in [4.69, 9.17) is 4.74 Å². The van der Waals surface area contributed by atoms with E-state index >= 15 is 0 Å². The fraction of sp³-hybridized carbons (Fsp3) is 1.00. The van der Waals surface area contributed by atoms with Crippen LogP contribution in [0.4, 0.5) is 0 Å². The molecule has 0 aromatic rings. The van der Waals surface area contributed by atoms with Crippen LogP contribution in [-0.4, -0.2) is 38.8 Å². The molecule has 2 heteroatoms. The lowest BCUT2D eigenvalue weighted by Crippen LogP contribution is -2.35. The molecule has 0 aliphatic carbocycles. The Hall–Kier alpha value is -0.0800. The number of hydrogen-bond acceptors (Lipinski definition) is 2. The predicted molar refractivity (Wildman–Crippen MR) is 60.4 cm³/mol. The summed E-state index contributed by atoms with van der Waals surface area (Å²) in [6, 6.07) is 0. The number of nitrogens with zero attached hydrogens (tertiary/aromatic N) is 1. The van der Waals surface area contributed by atoms with Gasteiger partial charge in [-0.25, -0.2) is 0 Å². The maximum absolute atomic E-state index is 5.27. The third-order valence-corrected chi connectivity index (χ3v) is 3.14. The Kier molecular flexibility index (Phi) is 4.90. The lowest BCUT2D eigenvalue weighted by atomic mass is 9.86. The minimum absolute atomic E-state index is 0.729. The Morgan fingerprint density at radius 3 is 2.50 bits per heavy atom. The molecule has 3 unspecified atom stereocenters. The first-order valence-corrected chi connectivity index (χ1v) is 5.79. The number of hydrogen-bond donors (Lipinski definition) is 0. The normalized spacial score (nSPS) is 36.4. The molecule has 0 N–H and O–H groups in total. The summed E-state index contributed by atoms with van der Waals surface area (Å²) in [7, 11) is 4.04. The van der Waals surface area contributed by atoms with E-state index in [1.165, 1.54) is 25.9 Å². The second kappa shape index (κ2) is 5.72. The van der Waals surface area contributed by atoms with E-state index in [1.54, 1.807) is 0 Å². The number of rotatable bonds is 2. The Bertz CT molecular complexity index is 146. The van der Waals surface area contributed by atoms with Gasteiger partial charge in [0.1, 0.15) is 0 Å². The van der Waals surface area contributed by atoms with Crippen molar-refractivity contribution in [2.45, 2.75) is 26.7 Å². The van der Waals surface area contributed by atoms with Gasteiger partial charge in [-0.15, -0.1) is 0 Å². The van der Waals surface area contributed by atoms with Crippen LogP contribution in [0.1, 0.15) is 26.7 Å². The van der Waals surface area contributed by atoms with E-state index in [0.717, 1.165) is 24.4 Å². The molecule has 1 saturated heterocycles. The monoisotopic (exact) mass is 199 g/mol. The van der Waals surface area contributed by atoms with Crippen molar-refractivity contribution in [2.24, 2.45) is 17.8 Å². The average molecular weight is 199 g/mol. The van der Waals surface area contributed by atoms with Crippen LogP contribution >= 0.6 is 0 Å². The molecule has 1 heterocycles. The molecular formula is C12H25NO. The van der Waals surface area contributed by atoms with Crippen LogP contribution in [0.2, 0.25) is 0 Å². The Balaban J connectivity index is 2.47. The van der Waals surface area contributed by atoms with E-state index in [-0.39, 0.29) is 0 Å². The smallest absolute Gasteiger partial charge is 0.0502 e. The summed E-state index contributed by atoms with van der Waals surface area (Å²) in [4.78, 5) is 2.46. The molecule has 84 valence electrons. The highest BCUT2D eigenvalue weighted by molar-refractivity contribution is 4.74. The van der Waals surface area contributed by atoms with Gasteiger partial charge in [-0.2, -0.15) is 0 Å². The van der Waals surface area contributed by atoms with Crippen molar-refractivity contribution in [3.05, 3.63) is 0 Å². The van der Waals surface area contributed by atoms with Crippen molar-refractivity contribution in [2.75, 3.05) is 33.9 Å². The summed E-state index contributed by atoms with van der Waals surface area (Å²) >= 11 is 0.